The minimum absolute atomic E-state index is 0.175. The van der Waals surface area contributed by atoms with Gasteiger partial charge in [0.25, 0.3) is 0 Å². The summed E-state index contributed by atoms with van der Waals surface area (Å²) < 4.78 is 13.1. The molecule has 2 aliphatic rings. The average molecular weight is 481 g/mol. The molecule has 3 nitrogen and oxygen atoms in total. The summed E-state index contributed by atoms with van der Waals surface area (Å²) in [6.45, 7) is 3.09. The van der Waals surface area contributed by atoms with E-state index in [9.17, 15) is 9.18 Å². The van der Waals surface area contributed by atoms with Crippen LogP contribution in [0.3, 0.4) is 0 Å². The van der Waals surface area contributed by atoms with Crippen molar-refractivity contribution in [1.82, 2.24) is 4.90 Å². The van der Waals surface area contributed by atoms with E-state index in [4.69, 9.17) is 0 Å². The summed E-state index contributed by atoms with van der Waals surface area (Å²) in [6.07, 6.45) is 10.1. The van der Waals surface area contributed by atoms with Gasteiger partial charge in [0.1, 0.15) is 5.82 Å². The Morgan fingerprint density at radius 2 is 1.58 bits per heavy atom. The van der Waals surface area contributed by atoms with Crippen LogP contribution in [0.2, 0.25) is 0 Å². The number of ketones is 1. The number of carbonyl (C=O) groups is 1. The van der Waals surface area contributed by atoms with Gasteiger partial charge in [-0.05, 0) is 97.8 Å². The van der Waals surface area contributed by atoms with Crippen molar-refractivity contribution in [1.29, 1.82) is 0 Å². The van der Waals surface area contributed by atoms with E-state index >= 15 is 0 Å². The quantitative estimate of drug-likeness (QED) is 0.351. The van der Waals surface area contributed by atoms with Crippen molar-refractivity contribution >= 4 is 12.0 Å². The van der Waals surface area contributed by atoms with E-state index in [0.717, 1.165) is 56.4 Å². The molecule has 0 spiro atoms. The zero-order chi connectivity index (χ0) is 24.8. The first-order valence-corrected chi connectivity index (χ1v) is 13.0. The van der Waals surface area contributed by atoms with Gasteiger partial charge in [0.15, 0.2) is 11.3 Å². The molecule has 0 bridgehead atoms. The van der Waals surface area contributed by atoms with Crippen molar-refractivity contribution in [3.05, 3.63) is 119 Å². The lowest BCUT2D eigenvalue weighted by atomic mass is 9.84. The lowest BCUT2D eigenvalue weighted by Crippen LogP contribution is -2.35. The molecule has 5 rings (SSSR count). The zero-order valence-electron chi connectivity index (χ0n) is 20.7. The summed E-state index contributed by atoms with van der Waals surface area (Å²) in [5, 5.41) is 0. The zero-order valence-corrected chi connectivity index (χ0v) is 20.7. The van der Waals surface area contributed by atoms with E-state index in [1.807, 2.05) is 54.6 Å². The van der Waals surface area contributed by atoms with Crippen LogP contribution in [0.15, 0.2) is 96.0 Å². The monoisotopic (exact) mass is 480 g/mol. The Hall–Kier alpha value is -3.37. The van der Waals surface area contributed by atoms with E-state index in [0.29, 0.717) is 12.3 Å². The van der Waals surface area contributed by atoms with Crippen molar-refractivity contribution in [2.24, 2.45) is 4.99 Å². The average Bonchev–Trinajstić information content (AvgIpc) is 3.43. The summed E-state index contributed by atoms with van der Waals surface area (Å²) in [6, 6.07) is 25.6. The molecule has 0 amide bonds. The molecule has 0 aliphatic carbocycles. The molecule has 0 saturated carbocycles. The number of benzene rings is 3. The third kappa shape index (κ3) is 5.55. The van der Waals surface area contributed by atoms with Gasteiger partial charge in [-0.3, -0.25) is 9.79 Å². The first-order chi connectivity index (χ1) is 17.6. The van der Waals surface area contributed by atoms with Gasteiger partial charge in [-0.1, -0.05) is 66.7 Å². The molecule has 184 valence electrons. The normalized spacial score (nSPS) is 20.1. The minimum Gasteiger partial charge on any atom is -0.303 e. The number of rotatable bonds is 9. The highest BCUT2D eigenvalue weighted by atomic mass is 19.1. The van der Waals surface area contributed by atoms with Crippen LogP contribution in [0.5, 0.6) is 0 Å². The van der Waals surface area contributed by atoms with E-state index in [-0.39, 0.29) is 11.6 Å². The van der Waals surface area contributed by atoms with Gasteiger partial charge >= 0.3 is 0 Å². The number of Topliss-reactive ketones (excluding diaryl/α,β-unsaturated/α-hetero) is 1. The van der Waals surface area contributed by atoms with Gasteiger partial charge in [-0.15, -0.1) is 0 Å². The molecule has 1 unspecified atom stereocenters. The summed E-state index contributed by atoms with van der Waals surface area (Å²) in [4.78, 5) is 20.3. The number of allylic oxidation sites excluding steroid dienone is 1. The molecule has 0 aromatic heterocycles. The molecule has 3 aromatic carbocycles. The predicted octanol–water partition coefficient (Wildman–Crippen LogP) is 6.48. The number of hydrogen-bond donors (Lipinski definition) is 0. The number of aliphatic imine (C=N–C) groups is 1. The maximum Gasteiger partial charge on any atom is 0.168 e. The topological polar surface area (TPSA) is 32.7 Å². The van der Waals surface area contributed by atoms with Crippen LogP contribution in [-0.4, -0.2) is 36.5 Å². The molecule has 0 radical (unpaired) electrons. The summed E-state index contributed by atoms with van der Waals surface area (Å²) in [7, 11) is 0. The molecule has 2 heterocycles. The number of carbonyl (C=O) groups excluding carboxylic acids is 1. The van der Waals surface area contributed by atoms with Gasteiger partial charge in [0.05, 0.1) is 0 Å². The fourth-order valence-electron chi connectivity index (χ4n) is 5.46. The van der Waals surface area contributed by atoms with Crippen LogP contribution < -0.4 is 0 Å². The first kappa shape index (κ1) is 24.3. The first-order valence-electron chi connectivity index (χ1n) is 13.0. The van der Waals surface area contributed by atoms with Crippen LogP contribution in [0.4, 0.5) is 4.39 Å². The van der Waals surface area contributed by atoms with Crippen molar-refractivity contribution in [2.75, 3.05) is 19.6 Å². The van der Waals surface area contributed by atoms with Crippen LogP contribution in [0.1, 0.15) is 53.9 Å². The predicted molar refractivity (Wildman–Crippen MR) is 144 cm³/mol. The summed E-state index contributed by atoms with van der Waals surface area (Å²) >= 11 is 0. The van der Waals surface area contributed by atoms with Crippen LogP contribution in [0.25, 0.3) is 0 Å². The third-order valence-electron chi connectivity index (χ3n) is 7.58. The lowest BCUT2D eigenvalue weighted by Gasteiger charge is -2.32. The lowest BCUT2D eigenvalue weighted by molar-refractivity contribution is -0.122. The van der Waals surface area contributed by atoms with Crippen molar-refractivity contribution in [3.63, 3.8) is 0 Å². The second kappa shape index (κ2) is 11.1. The number of likely N-dealkylation sites (tertiary alicyclic amines) is 1. The largest absolute Gasteiger partial charge is 0.303 e. The smallest absolute Gasteiger partial charge is 0.168 e. The van der Waals surface area contributed by atoms with E-state index in [1.54, 1.807) is 6.21 Å². The Morgan fingerprint density at radius 1 is 0.917 bits per heavy atom. The highest BCUT2D eigenvalue weighted by molar-refractivity contribution is 5.96. The summed E-state index contributed by atoms with van der Waals surface area (Å²) in [5.41, 5.74) is 3.90. The van der Waals surface area contributed by atoms with Gasteiger partial charge < -0.3 is 4.90 Å². The molecule has 0 N–H and O–H groups in total. The number of hydrogen-bond acceptors (Lipinski definition) is 3. The van der Waals surface area contributed by atoms with Crippen molar-refractivity contribution < 1.29 is 9.18 Å². The molecule has 3 aromatic rings. The molecule has 2 aliphatic heterocycles. The number of piperidine rings is 1. The minimum atomic E-state index is -0.836. The molecule has 1 saturated heterocycles. The molecule has 4 heteroatoms. The van der Waals surface area contributed by atoms with Crippen LogP contribution in [0, 0.1) is 5.82 Å². The third-order valence-corrected chi connectivity index (χ3v) is 7.58. The van der Waals surface area contributed by atoms with Crippen LogP contribution >= 0.6 is 0 Å². The highest BCUT2D eigenvalue weighted by Crippen LogP contribution is 2.33. The Kier molecular flexibility index (Phi) is 7.52. The standard InChI is InChI=1S/C32H33FN2O/c33-30-15-11-26(12-16-30)24-25-9-13-27(14-10-25)28-17-22-35(23-18-28)21-4-8-31(36)32(19-5-20-34-32)29-6-2-1-3-7-29/h1-3,5-7,9-16,19-20,28H,4,8,17-18,21-24H2. The maximum atomic E-state index is 13.2. The molecular weight excluding hydrogens is 447 g/mol. The summed E-state index contributed by atoms with van der Waals surface area (Å²) in [5.74, 6) is 0.569. The van der Waals surface area contributed by atoms with Crippen LogP contribution in [-0.2, 0) is 16.8 Å². The Labute approximate surface area is 213 Å². The fraction of sp³-hybridized carbons (Fsp3) is 0.312. The second-order valence-corrected chi connectivity index (χ2v) is 9.96. The molecule has 1 fully saturated rings. The van der Waals surface area contributed by atoms with E-state index in [2.05, 4.69) is 34.2 Å². The van der Waals surface area contributed by atoms with E-state index in [1.165, 1.54) is 23.3 Å². The molecular formula is C32H33FN2O. The van der Waals surface area contributed by atoms with Gasteiger partial charge in [-0.25, -0.2) is 4.39 Å². The van der Waals surface area contributed by atoms with Crippen molar-refractivity contribution in [2.45, 2.75) is 43.6 Å². The van der Waals surface area contributed by atoms with E-state index < -0.39 is 5.54 Å². The molecule has 1 atom stereocenters. The van der Waals surface area contributed by atoms with Gasteiger partial charge in [0, 0.05) is 12.6 Å². The van der Waals surface area contributed by atoms with Gasteiger partial charge in [0.2, 0.25) is 0 Å². The SMILES string of the molecule is O=C(CCCN1CCC(c2ccc(Cc3ccc(F)cc3)cc2)CC1)C1(c2ccccc2)C=CC=N1. The van der Waals surface area contributed by atoms with Crippen molar-refractivity contribution in [3.8, 4) is 0 Å². The Bertz CT molecular complexity index is 1200. The fourth-order valence-corrected chi connectivity index (χ4v) is 5.46. The Balaban J connectivity index is 1.08. The maximum absolute atomic E-state index is 13.2. The second-order valence-electron chi connectivity index (χ2n) is 9.96. The number of nitrogens with zero attached hydrogens (tertiary/aromatic N) is 2. The molecule has 36 heavy (non-hydrogen) atoms. The van der Waals surface area contributed by atoms with Gasteiger partial charge in [-0.2, -0.15) is 0 Å². The highest BCUT2D eigenvalue weighted by Gasteiger charge is 2.37. The Morgan fingerprint density at radius 3 is 2.22 bits per heavy atom. The number of halogens is 1.